The third-order valence-electron chi connectivity index (χ3n) is 5.44. The molecule has 162 valence electrons. The highest BCUT2D eigenvalue weighted by Gasteiger charge is 2.29. The maximum absolute atomic E-state index is 13.2. The smallest absolute Gasteiger partial charge is 0.306 e. The number of carbonyl (C=O) groups is 1. The number of ether oxygens (including phenoxy) is 3. The SMILES string of the molecule is COC(=O)C[C@@H](c1cc2cc3c(cc2[nH]c1=O)OCO3)c1c(O)nc2ccccn2c1=O. The van der Waals surface area contributed by atoms with Crippen molar-refractivity contribution in [3.8, 4) is 17.4 Å². The number of rotatable bonds is 4. The zero-order valence-corrected chi connectivity index (χ0v) is 16.8. The van der Waals surface area contributed by atoms with Crippen molar-refractivity contribution in [3.63, 3.8) is 0 Å². The molecule has 1 aromatic carbocycles. The van der Waals surface area contributed by atoms with Crippen LogP contribution in [0.25, 0.3) is 16.6 Å². The van der Waals surface area contributed by atoms with Crippen LogP contribution < -0.4 is 20.6 Å². The molecule has 2 N–H and O–H groups in total. The molecular formula is C22H17N3O7. The average molecular weight is 435 g/mol. The van der Waals surface area contributed by atoms with Gasteiger partial charge in [0.25, 0.3) is 11.1 Å². The van der Waals surface area contributed by atoms with Gasteiger partial charge in [0.2, 0.25) is 12.7 Å². The molecule has 0 radical (unpaired) electrons. The Morgan fingerprint density at radius 1 is 1.25 bits per heavy atom. The molecule has 0 fully saturated rings. The van der Waals surface area contributed by atoms with Crippen molar-refractivity contribution in [1.29, 1.82) is 0 Å². The summed E-state index contributed by atoms with van der Waals surface area (Å²) in [4.78, 5) is 45.3. The second-order valence-corrected chi connectivity index (χ2v) is 7.26. The van der Waals surface area contributed by atoms with Gasteiger partial charge in [-0.05, 0) is 24.3 Å². The molecule has 0 saturated carbocycles. The maximum atomic E-state index is 13.2. The van der Waals surface area contributed by atoms with E-state index in [-0.39, 0.29) is 30.0 Å². The van der Waals surface area contributed by atoms with Crippen molar-refractivity contribution in [2.45, 2.75) is 12.3 Å². The summed E-state index contributed by atoms with van der Waals surface area (Å²) in [6.07, 6.45) is 1.15. The van der Waals surface area contributed by atoms with E-state index in [1.807, 2.05) is 0 Å². The number of hydrogen-bond acceptors (Lipinski definition) is 8. The third-order valence-corrected chi connectivity index (χ3v) is 5.44. The lowest BCUT2D eigenvalue weighted by atomic mass is 9.89. The minimum absolute atomic E-state index is 0.0705. The second-order valence-electron chi connectivity index (χ2n) is 7.26. The van der Waals surface area contributed by atoms with E-state index in [0.717, 1.165) is 0 Å². The van der Waals surface area contributed by atoms with Crippen molar-refractivity contribution >= 4 is 22.5 Å². The van der Waals surface area contributed by atoms with E-state index < -0.39 is 28.9 Å². The molecule has 0 saturated heterocycles. The van der Waals surface area contributed by atoms with Gasteiger partial charge in [0.05, 0.1) is 24.6 Å². The van der Waals surface area contributed by atoms with Gasteiger partial charge in [-0.1, -0.05) is 6.07 Å². The largest absolute Gasteiger partial charge is 0.493 e. The molecule has 0 bridgehead atoms. The van der Waals surface area contributed by atoms with Crippen LogP contribution in [0.2, 0.25) is 0 Å². The number of nitrogens with zero attached hydrogens (tertiary/aromatic N) is 2. The summed E-state index contributed by atoms with van der Waals surface area (Å²) in [7, 11) is 1.20. The summed E-state index contributed by atoms with van der Waals surface area (Å²) in [5.74, 6) is -1.30. The van der Waals surface area contributed by atoms with Crippen molar-refractivity contribution < 1.29 is 24.1 Å². The van der Waals surface area contributed by atoms with Gasteiger partial charge in [-0.2, -0.15) is 4.98 Å². The normalized spacial score (nSPS) is 13.4. The molecule has 1 aliphatic heterocycles. The van der Waals surface area contributed by atoms with Crippen LogP contribution in [0.5, 0.6) is 17.4 Å². The minimum atomic E-state index is -1.10. The molecule has 0 amide bonds. The molecule has 5 rings (SSSR count). The Labute approximate surface area is 179 Å². The van der Waals surface area contributed by atoms with E-state index in [2.05, 4.69) is 9.97 Å². The molecule has 0 unspecified atom stereocenters. The predicted molar refractivity (Wildman–Crippen MR) is 112 cm³/mol. The standard InChI is InChI=1S/C22H17N3O7/c1-30-18(26)8-12(19-21(28)24-17-4-2-3-5-25(17)22(19)29)13-6-11-7-15-16(32-10-31-15)9-14(11)23-20(13)27/h2-7,9,12,28H,8,10H2,1H3,(H,23,27)/t12-/m0/s1. The van der Waals surface area contributed by atoms with Gasteiger partial charge in [0, 0.05) is 29.1 Å². The summed E-state index contributed by atoms with van der Waals surface area (Å²) in [6.45, 7) is 0.0705. The lowest BCUT2D eigenvalue weighted by molar-refractivity contribution is -0.140. The van der Waals surface area contributed by atoms with Crippen molar-refractivity contribution in [3.05, 3.63) is 74.4 Å². The minimum Gasteiger partial charge on any atom is -0.493 e. The van der Waals surface area contributed by atoms with Crippen LogP contribution in [0.4, 0.5) is 0 Å². The number of aromatic nitrogens is 3. The van der Waals surface area contributed by atoms with Gasteiger partial charge in [-0.25, -0.2) is 0 Å². The van der Waals surface area contributed by atoms with E-state index in [1.54, 1.807) is 36.4 Å². The summed E-state index contributed by atoms with van der Waals surface area (Å²) >= 11 is 0. The van der Waals surface area contributed by atoms with Gasteiger partial charge in [-0.15, -0.1) is 0 Å². The Morgan fingerprint density at radius 3 is 2.81 bits per heavy atom. The zero-order valence-electron chi connectivity index (χ0n) is 16.8. The zero-order chi connectivity index (χ0) is 22.4. The second kappa shape index (κ2) is 7.41. The molecule has 1 aliphatic rings. The quantitative estimate of drug-likeness (QED) is 0.463. The fourth-order valence-electron chi connectivity index (χ4n) is 3.89. The number of aromatic amines is 1. The van der Waals surface area contributed by atoms with Gasteiger partial charge in [0.1, 0.15) is 5.65 Å². The molecule has 10 heteroatoms. The lowest BCUT2D eigenvalue weighted by Crippen LogP contribution is -2.27. The molecule has 1 atom stereocenters. The van der Waals surface area contributed by atoms with Crippen molar-refractivity contribution in [2.24, 2.45) is 0 Å². The van der Waals surface area contributed by atoms with Crippen LogP contribution in [0.15, 0.2) is 52.2 Å². The average Bonchev–Trinajstić information content (AvgIpc) is 3.23. The van der Waals surface area contributed by atoms with Gasteiger partial charge in [0.15, 0.2) is 11.5 Å². The topological polar surface area (TPSA) is 132 Å². The highest BCUT2D eigenvalue weighted by molar-refractivity contribution is 5.84. The molecule has 3 aromatic heterocycles. The van der Waals surface area contributed by atoms with Gasteiger partial charge >= 0.3 is 5.97 Å². The molecular weight excluding hydrogens is 418 g/mol. The fourth-order valence-corrected chi connectivity index (χ4v) is 3.89. The van der Waals surface area contributed by atoms with E-state index in [1.165, 1.54) is 17.7 Å². The highest BCUT2D eigenvalue weighted by Crippen LogP contribution is 2.37. The third kappa shape index (κ3) is 3.13. The summed E-state index contributed by atoms with van der Waals surface area (Å²) in [5.41, 5.74) is -0.459. The first-order chi connectivity index (χ1) is 15.5. The number of pyridine rings is 2. The summed E-state index contributed by atoms with van der Waals surface area (Å²) in [5, 5.41) is 11.2. The Morgan fingerprint density at radius 2 is 2.03 bits per heavy atom. The predicted octanol–water partition coefficient (Wildman–Crippen LogP) is 1.67. The Kier molecular flexibility index (Phi) is 4.54. The number of nitrogens with one attached hydrogen (secondary N) is 1. The maximum Gasteiger partial charge on any atom is 0.306 e. The van der Waals surface area contributed by atoms with Gasteiger partial charge in [-0.3, -0.25) is 18.8 Å². The first kappa shape index (κ1) is 19.6. The Bertz CT molecular complexity index is 1510. The van der Waals surface area contributed by atoms with Crippen molar-refractivity contribution in [2.75, 3.05) is 13.9 Å². The van der Waals surface area contributed by atoms with E-state index in [0.29, 0.717) is 22.4 Å². The van der Waals surface area contributed by atoms with Crippen LogP contribution in [0, 0.1) is 0 Å². The number of H-pyrrole nitrogens is 1. The number of carbonyl (C=O) groups excluding carboxylic acids is 1. The molecule has 10 nitrogen and oxygen atoms in total. The monoisotopic (exact) mass is 435 g/mol. The van der Waals surface area contributed by atoms with Crippen LogP contribution in [0.1, 0.15) is 23.5 Å². The van der Waals surface area contributed by atoms with Crippen LogP contribution in [0.3, 0.4) is 0 Å². The van der Waals surface area contributed by atoms with E-state index >= 15 is 0 Å². The number of esters is 1. The Balaban J connectivity index is 1.76. The van der Waals surface area contributed by atoms with Crippen LogP contribution >= 0.6 is 0 Å². The molecule has 32 heavy (non-hydrogen) atoms. The molecule has 0 spiro atoms. The number of hydrogen-bond donors (Lipinski definition) is 2. The van der Waals surface area contributed by atoms with Crippen molar-refractivity contribution in [1.82, 2.24) is 14.4 Å². The summed E-state index contributed by atoms with van der Waals surface area (Å²) < 4.78 is 16.8. The summed E-state index contributed by atoms with van der Waals surface area (Å²) in [6, 6.07) is 9.76. The molecule has 4 heterocycles. The highest BCUT2D eigenvalue weighted by atomic mass is 16.7. The van der Waals surface area contributed by atoms with Crippen LogP contribution in [-0.4, -0.2) is 39.3 Å². The first-order valence-corrected chi connectivity index (χ1v) is 9.70. The van der Waals surface area contributed by atoms with Crippen LogP contribution in [-0.2, 0) is 9.53 Å². The van der Waals surface area contributed by atoms with E-state index in [4.69, 9.17) is 14.2 Å². The van der Waals surface area contributed by atoms with E-state index in [9.17, 15) is 19.5 Å². The fraction of sp³-hybridized carbons (Fsp3) is 0.182. The lowest BCUT2D eigenvalue weighted by Gasteiger charge is -2.17. The number of methoxy groups -OCH3 is 1. The first-order valence-electron chi connectivity index (χ1n) is 9.70. The molecule has 4 aromatic rings. The van der Waals surface area contributed by atoms with Gasteiger partial charge < -0.3 is 24.3 Å². The molecule has 0 aliphatic carbocycles. The number of benzene rings is 1. The Hall–Kier alpha value is -4.34. The number of aromatic hydroxyl groups is 1. The number of fused-ring (bicyclic) bond motifs is 3.